The third-order valence-corrected chi connectivity index (χ3v) is 6.34. The molecule has 0 fully saturated rings. The Kier molecular flexibility index (Phi) is 6.47. The van der Waals surface area contributed by atoms with Crippen molar-refractivity contribution in [3.63, 3.8) is 0 Å². The second-order valence-corrected chi connectivity index (χ2v) is 9.17. The largest absolute Gasteiger partial charge is 0.493 e. The van der Waals surface area contributed by atoms with E-state index in [0.29, 0.717) is 40.3 Å². The highest BCUT2D eigenvalue weighted by Crippen LogP contribution is 2.32. The SMILES string of the molecule is CCOc1cc(-c2ccc(F)cc2)nc2ccc(NS(=O)(=O)c3ccc(NC(C)=O)cc3)cc12. The van der Waals surface area contributed by atoms with E-state index in [0.717, 1.165) is 5.56 Å². The number of amides is 1. The number of nitrogens with zero attached hydrogens (tertiary/aromatic N) is 1. The van der Waals surface area contributed by atoms with E-state index >= 15 is 0 Å². The summed E-state index contributed by atoms with van der Waals surface area (Å²) in [7, 11) is -3.87. The Bertz CT molecular complexity index is 1450. The van der Waals surface area contributed by atoms with E-state index in [1.54, 1.807) is 36.4 Å². The molecule has 174 valence electrons. The Balaban J connectivity index is 1.67. The molecule has 1 amide bonds. The summed E-state index contributed by atoms with van der Waals surface area (Å²) in [4.78, 5) is 15.8. The van der Waals surface area contributed by atoms with Crippen molar-refractivity contribution in [3.8, 4) is 17.0 Å². The zero-order chi connectivity index (χ0) is 24.3. The van der Waals surface area contributed by atoms with Gasteiger partial charge in [-0.15, -0.1) is 0 Å². The van der Waals surface area contributed by atoms with Crippen molar-refractivity contribution in [1.82, 2.24) is 4.98 Å². The van der Waals surface area contributed by atoms with Crippen LogP contribution in [-0.4, -0.2) is 25.9 Å². The Morgan fingerprint density at radius 3 is 2.29 bits per heavy atom. The van der Waals surface area contributed by atoms with Crippen LogP contribution in [-0.2, 0) is 14.8 Å². The van der Waals surface area contributed by atoms with Gasteiger partial charge >= 0.3 is 0 Å². The second-order valence-electron chi connectivity index (χ2n) is 7.49. The van der Waals surface area contributed by atoms with Crippen molar-refractivity contribution < 1.29 is 22.3 Å². The number of carbonyl (C=O) groups is 1. The van der Waals surface area contributed by atoms with Gasteiger partial charge in [-0.1, -0.05) is 0 Å². The Morgan fingerprint density at radius 1 is 0.971 bits per heavy atom. The highest BCUT2D eigenvalue weighted by molar-refractivity contribution is 7.92. The van der Waals surface area contributed by atoms with Crippen molar-refractivity contribution in [3.05, 3.63) is 78.6 Å². The molecule has 0 radical (unpaired) electrons. The van der Waals surface area contributed by atoms with E-state index in [1.807, 2.05) is 6.92 Å². The number of sulfonamides is 1. The van der Waals surface area contributed by atoms with E-state index in [1.165, 1.54) is 43.3 Å². The van der Waals surface area contributed by atoms with Crippen LogP contribution in [0, 0.1) is 5.82 Å². The Hall–Kier alpha value is -3.98. The standard InChI is InChI=1S/C25H22FN3O4S/c1-3-33-25-15-24(17-4-6-18(26)7-5-17)28-23-13-10-20(14-22(23)25)29-34(31,32)21-11-8-19(9-12-21)27-16(2)30/h4-15,29H,3H2,1-2H3,(H,27,30). The minimum Gasteiger partial charge on any atom is -0.493 e. The molecule has 0 aliphatic carbocycles. The number of hydrogen-bond donors (Lipinski definition) is 2. The molecule has 0 spiro atoms. The molecule has 1 aromatic heterocycles. The number of hydrogen-bond acceptors (Lipinski definition) is 5. The molecule has 0 atom stereocenters. The first-order chi connectivity index (χ1) is 16.2. The number of nitrogens with one attached hydrogen (secondary N) is 2. The average molecular weight is 480 g/mol. The van der Waals surface area contributed by atoms with Crippen LogP contribution in [0.2, 0.25) is 0 Å². The quantitative estimate of drug-likeness (QED) is 0.380. The summed E-state index contributed by atoms with van der Waals surface area (Å²) in [6.45, 7) is 3.62. The van der Waals surface area contributed by atoms with Gasteiger partial charge < -0.3 is 10.1 Å². The van der Waals surface area contributed by atoms with Crippen molar-refractivity contribution in [2.75, 3.05) is 16.6 Å². The number of fused-ring (bicyclic) bond motifs is 1. The smallest absolute Gasteiger partial charge is 0.261 e. The summed E-state index contributed by atoms with van der Waals surface area (Å²) in [6, 6.07) is 18.6. The maximum Gasteiger partial charge on any atom is 0.261 e. The van der Waals surface area contributed by atoms with Gasteiger partial charge in [0.15, 0.2) is 0 Å². The van der Waals surface area contributed by atoms with E-state index in [2.05, 4.69) is 15.0 Å². The normalized spacial score (nSPS) is 11.3. The minimum absolute atomic E-state index is 0.0523. The lowest BCUT2D eigenvalue weighted by atomic mass is 10.1. The number of carbonyl (C=O) groups excluding carboxylic acids is 1. The molecule has 0 aliphatic heterocycles. The molecule has 0 unspecified atom stereocenters. The predicted octanol–water partition coefficient (Wildman–Crippen LogP) is 5.20. The molecule has 3 aromatic carbocycles. The van der Waals surface area contributed by atoms with Crippen LogP contribution < -0.4 is 14.8 Å². The van der Waals surface area contributed by atoms with Crippen LogP contribution in [0.25, 0.3) is 22.2 Å². The molecule has 0 aliphatic rings. The lowest BCUT2D eigenvalue weighted by Gasteiger charge is -2.13. The number of ether oxygens (including phenoxy) is 1. The van der Waals surface area contributed by atoms with E-state index in [4.69, 9.17) is 4.74 Å². The van der Waals surface area contributed by atoms with Gasteiger partial charge in [0.2, 0.25) is 5.91 Å². The first-order valence-corrected chi connectivity index (χ1v) is 12.0. The summed E-state index contributed by atoms with van der Waals surface area (Å²) >= 11 is 0. The topological polar surface area (TPSA) is 97.4 Å². The number of anilines is 2. The molecule has 34 heavy (non-hydrogen) atoms. The predicted molar refractivity (Wildman–Crippen MR) is 130 cm³/mol. The highest BCUT2D eigenvalue weighted by atomic mass is 32.2. The molecular formula is C25H22FN3O4S. The summed E-state index contributed by atoms with van der Waals surface area (Å²) in [5, 5.41) is 3.23. The number of rotatable bonds is 7. The van der Waals surface area contributed by atoms with Gasteiger partial charge in [0.25, 0.3) is 10.0 Å². The second kappa shape index (κ2) is 9.48. The van der Waals surface area contributed by atoms with Crippen LogP contribution >= 0.6 is 0 Å². The summed E-state index contributed by atoms with van der Waals surface area (Å²) in [5.41, 5.74) is 2.80. The third kappa shape index (κ3) is 5.15. The van der Waals surface area contributed by atoms with Gasteiger partial charge in [-0.3, -0.25) is 9.52 Å². The van der Waals surface area contributed by atoms with Crippen LogP contribution in [0.3, 0.4) is 0 Å². The number of pyridine rings is 1. The number of halogens is 1. The van der Waals surface area contributed by atoms with Crippen LogP contribution in [0.1, 0.15) is 13.8 Å². The van der Waals surface area contributed by atoms with Gasteiger partial charge in [0.05, 0.1) is 22.7 Å². The maximum atomic E-state index is 13.3. The zero-order valence-electron chi connectivity index (χ0n) is 18.5. The summed E-state index contributed by atoms with van der Waals surface area (Å²) in [6.07, 6.45) is 0. The van der Waals surface area contributed by atoms with Crippen molar-refractivity contribution in [1.29, 1.82) is 0 Å². The van der Waals surface area contributed by atoms with Crippen LogP contribution in [0.5, 0.6) is 5.75 Å². The van der Waals surface area contributed by atoms with Crippen LogP contribution in [0.15, 0.2) is 77.7 Å². The molecule has 0 saturated heterocycles. The lowest BCUT2D eigenvalue weighted by Crippen LogP contribution is -2.13. The third-order valence-electron chi connectivity index (χ3n) is 4.95. The molecule has 7 nitrogen and oxygen atoms in total. The number of benzene rings is 3. The monoisotopic (exact) mass is 479 g/mol. The van der Waals surface area contributed by atoms with Crippen molar-refractivity contribution >= 4 is 38.2 Å². The van der Waals surface area contributed by atoms with E-state index < -0.39 is 10.0 Å². The lowest BCUT2D eigenvalue weighted by molar-refractivity contribution is -0.114. The molecule has 1 heterocycles. The molecule has 9 heteroatoms. The fraction of sp³-hybridized carbons (Fsp3) is 0.120. The van der Waals surface area contributed by atoms with Gasteiger partial charge in [-0.25, -0.2) is 17.8 Å². The minimum atomic E-state index is -3.87. The maximum absolute atomic E-state index is 13.3. The van der Waals surface area contributed by atoms with Crippen LogP contribution in [0.4, 0.5) is 15.8 Å². The van der Waals surface area contributed by atoms with E-state index in [9.17, 15) is 17.6 Å². The zero-order valence-corrected chi connectivity index (χ0v) is 19.3. The molecule has 0 bridgehead atoms. The van der Waals surface area contributed by atoms with Gasteiger partial charge in [-0.05, 0) is 73.7 Å². The average Bonchev–Trinajstić information content (AvgIpc) is 2.79. The Morgan fingerprint density at radius 2 is 1.65 bits per heavy atom. The number of aromatic nitrogens is 1. The van der Waals surface area contributed by atoms with Gasteiger partial charge in [0, 0.05) is 35.3 Å². The van der Waals surface area contributed by atoms with E-state index in [-0.39, 0.29) is 16.6 Å². The molecule has 2 N–H and O–H groups in total. The molecule has 4 rings (SSSR count). The fourth-order valence-electron chi connectivity index (χ4n) is 3.44. The highest BCUT2D eigenvalue weighted by Gasteiger charge is 2.16. The fourth-order valence-corrected chi connectivity index (χ4v) is 4.49. The first kappa shape index (κ1) is 23.2. The summed E-state index contributed by atoms with van der Waals surface area (Å²) < 4.78 is 47.4. The van der Waals surface area contributed by atoms with Gasteiger partial charge in [-0.2, -0.15) is 0 Å². The molecule has 4 aromatic rings. The van der Waals surface area contributed by atoms with Crippen molar-refractivity contribution in [2.24, 2.45) is 0 Å². The van der Waals surface area contributed by atoms with Crippen molar-refractivity contribution in [2.45, 2.75) is 18.7 Å². The molecular weight excluding hydrogens is 457 g/mol. The Labute approximate surface area is 196 Å². The molecule has 0 saturated carbocycles. The summed E-state index contributed by atoms with van der Waals surface area (Å²) in [5.74, 6) is -0.0463. The first-order valence-electron chi connectivity index (χ1n) is 10.5. The van der Waals surface area contributed by atoms with Gasteiger partial charge in [0.1, 0.15) is 11.6 Å².